The topological polar surface area (TPSA) is 50.4 Å². The molecule has 4 heteroatoms. The van der Waals surface area contributed by atoms with E-state index in [2.05, 4.69) is 17.6 Å². The summed E-state index contributed by atoms with van der Waals surface area (Å²) < 4.78 is 5.73. The Morgan fingerprint density at radius 2 is 2.18 bits per heavy atom. The third-order valence-electron chi connectivity index (χ3n) is 3.77. The van der Waals surface area contributed by atoms with Crippen LogP contribution in [0.4, 0.5) is 0 Å². The van der Waals surface area contributed by atoms with Crippen molar-refractivity contribution in [3.63, 3.8) is 0 Å². The first kappa shape index (κ1) is 12.8. The van der Waals surface area contributed by atoms with Crippen LogP contribution in [-0.4, -0.2) is 37.2 Å². The summed E-state index contributed by atoms with van der Waals surface area (Å²) in [6, 6.07) is 0.647. The second-order valence-electron chi connectivity index (χ2n) is 5.33. The van der Waals surface area contributed by atoms with Crippen molar-refractivity contribution in [2.75, 3.05) is 13.2 Å². The van der Waals surface area contributed by atoms with Gasteiger partial charge in [0.15, 0.2) is 0 Å². The maximum atomic E-state index is 11.6. The van der Waals surface area contributed by atoms with Crippen LogP contribution in [0.5, 0.6) is 0 Å². The Labute approximate surface area is 103 Å². The molecule has 1 aliphatic heterocycles. The molecule has 0 aromatic heterocycles. The Balaban J connectivity index is 1.68. The van der Waals surface area contributed by atoms with Gasteiger partial charge >= 0.3 is 0 Å². The molecule has 1 saturated carbocycles. The fourth-order valence-corrected chi connectivity index (χ4v) is 2.37. The normalized spacial score (nSPS) is 30.2. The van der Waals surface area contributed by atoms with Crippen LogP contribution < -0.4 is 10.6 Å². The minimum Gasteiger partial charge on any atom is -0.376 e. The second-order valence-corrected chi connectivity index (χ2v) is 5.33. The van der Waals surface area contributed by atoms with E-state index < -0.39 is 0 Å². The molecule has 0 radical (unpaired) electrons. The first-order valence-electron chi connectivity index (χ1n) is 6.85. The highest BCUT2D eigenvalue weighted by Gasteiger charge is 2.40. The summed E-state index contributed by atoms with van der Waals surface area (Å²) in [5.74, 6) is 0.841. The lowest BCUT2D eigenvalue weighted by atomic mass is 10.1. The predicted molar refractivity (Wildman–Crippen MR) is 66.8 cm³/mol. The van der Waals surface area contributed by atoms with E-state index in [9.17, 15) is 4.79 Å². The monoisotopic (exact) mass is 240 g/mol. The van der Waals surface area contributed by atoms with E-state index in [0.29, 0.717) is 18.7 Å². The second kappa shape index (κ2) is 5.83. The van der Waals surface area contributed by atoms with E-state index in [1.807, 2.05) is 6.92 Å². The minimum atomic E-state index is 0.0980. The molecule has 2 fully saturated rings. The quantitative estimate of drug-likeness (QED) is 0.730. The Morgan fingerprint density at radius 1 is 1.41 bits per heavy atom. The molecule has 1 saturated heterocycles. The molecule has 0 aromatic carbocycles. The maximum absolute atomic E-state index is 11.6. The molecule has 2 rings (SSSR count). The molecule has 0 aromatic rings. The van der Waals surface area contributed by atoms with Gasteiger partial charge in [-0.25, -0.2) is 0 Å². The van der Waals surface area contributed by atoms with Gasteiger partial charge in [0.25, 0.3) is 0 Å². The molecule has 98 valence electrons. The molecule has 3 atom stereocenters. The lowest BCUT2D eigenvalue weighted by Crippen LogP contribution is -2.45. The number of nitrogens with one attached hydrogen (secondary N) is 2. The average molecular weight is 240 g/mol. The Kier molecular flexibility index (Phi) is 4.40. The summed E-state index contributed by atoms with van der Waals surface area (Å²) in [7, 11) is 0. The van der Waals surface area contributed by atoms with Crippen LogP contribution in [-0.2, 0) is 9.53 Å². The smallest absolute Gasteiger partial charge is 0.234 e. The van der Waals surface area contributed by atoms with Gasteiger partial charge in [-0.3, -0.25) is 4.79 Å². The minimum absolute atomic E-state index is 0.0980. The molecule has 1 heterocycles. The predicted octanol–water partition coefficient (Wildman–Crippen LogP) is 1.06. The molecule has 4 nitrogen and oxygen atoms in total. The van der Waals surface area contributed by atoms with Crippen molar-refractivity contribution in [1.29, 1.82) is 0 Å². The van der Waals surface area contributed by atoms with Gasteiger partial charge < -0.3 is 15.4 Å². The molecule has 3 unspecified atom stereocenters. The first-order chi connectivity index (χ1) is 8.20. The average Bonchev–Trinajstić information content (AvgIpc) is 3.05. The maximum Gasteiger partial charge on any atom is 0.234 e. The van der Waals surface area contributed by atoms with Crippen molar-refractivity contribution in [3.05, 3.63) is 0 Å². The largest absolute Gasteiger partial charge is 0.376 e. The van der Waals surface area contributed by atoms with Crippen molar-refractivity contribution >= 4 is 5.91 Å². The summed E-state index contributed by atoms with van der Waals surface area (Å²) in [5.41, 5.74) is 0. The lowest BCUT2D eigenvalue weighted by molar-refractivity contribution is -0.121. The summed E-state index contributed by atoms with van der Waals surface area (Å²) in [6.45, 7) is 5.36. The molecule has 1 aliphatic carbocycles. The lowest BCUT2D eigenvalue weighted by Gasteiger charge is -2.20. The molecule has 17 heavy (non-hydrogen) atoms. The fraction of sp³-hybridized carbons (Fsp3) is 0.923. The zero-order chi connectivity index (χ0) is 12.3. The van der Waals surface area contributed by atoms with Crippen molar-refractivity contribution in [3.8, 4) is 0 Å². The molecule has 0 spiro atoms. The van der Waals surface area contributed by atoms with Gasteiger partial charge in [-0.1, -0.05) is 6.92 Å². The van der Waals surface area contributed by atoms with Crippen molar-refractivity contribution < 1.29 is 9.53 Å². The van der Waals surface area contributed by atoms with E-state index in [-0.39, 0.29) is 11.9 Å². The number of carbonyl (C=O) groups excluding carboxylic acids is 1. The van der Waals surface area contributed by atoms with Gasteiger partial charge in [-0.05, 0) is 38.5 Å². The molecule has 2 aliphatic rings. The Bertz CT molecular complexity index is 266. The van der Waals surface area contributed by atoms with Crippen LogP contribution >= 0.6 is 0 Å². The van der Waals surface area contributed by atoms with Gasteiger partial charge in [0.1, 0.15) is 0 Å². The zero-order valence-electron chi connectivity index (χ0n) is 10.9. The summed E-state index contributed by atoms with van der Waals surface area (Å²) in [6.07, 6.45) is 4.95. The SMILES string of the molecule is CCC(C)NC(=O)CNC1CCOC1C1CC1. The van der Waals surface area contributed by atoms with Crippen LogP contribution in [0, 0.1) is 5.92 Å². The first-order valence-corrected chi connectivity index (χ1v) is 6.85. The number of ether oxygens (including phenoxy) is 1. The van der Waals surface area contributed by atoms with E-state index >= 15 is 0 Å². The van der Waals surface area contributed by atoms with Gasteiger partial charge in [-0.2, -0.15) is 0 Å². The highest BCUT2D eigenvalue weighted by Crippen LogP contribution is 2.38. The summed E-state index contributed by atoms with van der Waals surface area (Å²) in [4.78, 5) is 11.6. The van der Waals surface area contributed by atoms with E-state index in [1.54, 1.807) is 0 Å². The van der Waals surface area contributed by atoms with Crippen LogP contribution in [0.1, 0.15) is 39.5 Å². The molecule has 1 amide bonds. The zero-order valence-corrected chi connectivity index (χ0v) is 10.9. The van der Waals surface area contributed by atoms with Crippen molar-refractivity contribution in [2.45, 2.75) is 57.7 Å². The number of hydrogen-bond donors (Lipinski definition) is 2. The fourth-order valence-electron chi connectivity index (χ4n) is 2.37. The molecular formula is C13H24N2O2. The third kappa shape index (κ3) is 3.68. The molecule has 0 bridgehead atoms. The highest BCUT2D eigenvalue weighted by atomic mass is 16.5. The van der Waals surface area contributed by atoms with Crippen molar-refractivity contribution in [1.82, 2.24) is 10.6 Å². The van der Waals surface area contributed by atoms with Gasteiger partial charge in [0.2, 0.25) is 5.91 Å². The number of amides is 1. The number of hydrogen-bond acceptors (Lipinski definition) is 3. The van der Waals surface area contributed by atoms with Gasteiger partial charge in [0.05, 0.1) is 12.6 Å². The Morgan fingerprint density at radius 3 is 2.82 bits per heavy atom. The summed E-state index contributed by atoms with van der Waals surface area (Å²) in [5, 5.41) is 6.32. The van der Waals surface area contributed by atoms with Gasteiger partial charge in [0, 0.05) is 18.7 Å². The standard InChI is InChI=1S/C13H24N2O2/c1-3-9(2)15-12(16)8-14-11-6-7-17-13(11)10-4-5-10/h9-11,13-14H,3-8H2,1-2H3,(H,15,16). The van der Waals surface area contributed by atoms with Crippen LogP contribution in [0.2, 0.25) is 0 Å². The number of carbonyl (C=O) groups is 1. The van der Waals surface area contributed by atoms with Gasteiger partial charge in [-0.15, -0.1) is 0 Å². The Hall–Kier alpha value is -0.610. The van der Waals surface area contributed by atoms with Crippen molar-refractivity contribution in [2.24, 2.45) is 5.92 Å². The third-order valence-corrected chi connectivity index (χ3v) is 3.77. The molecule has 2 N–H and O–H groups in total. The van der Waals surface area contributed by atoms with Crippen LogP contribution in [0.25, 0.3) is 0 Å². The van der Waals surface area contributed by atoms with E-state index in [1.165, 1.54) is 12.8 Å². The van der Waals surface area contributed by atoms with E-state index in [4.69, 9.17) is 4.74 Å². The number of rotatable bonds is 6. The van der Waals surface area contributed by atoms with Crippen LogP contribution in [0.3, 0.4) is 0 Å². The van der Waals surface area contributed by atoms with E-state index in [0.717, 1.165) is 25.4 Å². The summed E-state index contributed by atoms with van der Waals surface area (Å²) >= 11 is 0. The molecular weight excluding hydrogens is 216 g/mol. The highest BCUT2D eigenvalue weighted by molar-refractivity contribution is 5.78. The van der Waals surface area contributed by atoms with Crippen LogP contribution in [0.15, 0.2) is 0 Å².